The molecule has 0 aliphatic carbocycles. The van der Waals surface area contributed by atoms with Crippen LogP contribution in [0.2, 0.25) is 0 Å². The molecule has 0 fully saturated rings. The van der Waals surface area contributed by atoms with Gasteiger partial charge in [0.15, 0.2) is 0 Å². The number of carbonyl (C=O) groups excluding carboxylic acids is 1. The van der Waals surface area contributed by atoms with E-state index < -0.39 is 0 Å². The molecule has 3 nitrogen and oxygen atoms in total. The standard InChI is InChI=1S/C18H29NO2/c1-3-4-6-12-17(20)13-9-14-18(21)19-15(2)16-10-7-5-8-11-16/h5,7-8,10-11,15,17,20H,3-4,6,9,12-14H2,1-2H3,(H,19,21)/t15-,17?/m0/s1. The zero-order valence-corrected chi connectivity index (χ0v) is 13.3. The van der Waals surface area contributed by atoms with Crippen LogP contribution in [-0.4, -0.2) is 17.1 Å². The van der Waals surface area contributed by atoms with E-state index in [1.165, 1.54) is 12.8 Å². The first kappa shape index (κ1) is 17.7. The number of hydrogen-bond donors (Lipinski definition) is 2. The maximum atomic E-state index is 11.9. The van der Waals surface area contributed by atoms with Gasteiger partial charge in [0, 0.05) is 6.42 Å². The normalized spacial score (nSPS) is 13.7. The number of nitrogens with one attached hydrogen (secondary N) is 1. The van der Waals surface area contributed by atoms with Crippen LogP contribution >= 0.6 is 0 Å². The van der Waals surface area contributed by atoms with Gasteiger partial charge in [-0.15, -0.1) is 0 Å². The molecule has 0 spiro atoms. The van der Waals surface area contributed by atoms with Crippen molar-refractivity contribution in [2.24, 2.45) is 0 Å². The minimum atomic E-state index is -0.254. The van der Waals surface area contributed by atoms with Gasteiger partial charge >= 0.3 is 0 Å². The Balaban J connectivity index is 2.16. The van der Waals surface area contributed by atoms with Crippen molar-refractivity contribution in [1.29, 1.82) is 0 Å². The number of hydrogen-bond acceptors (Lipinski definition) is 2. The van der Waals surface area contributed by atoms with E-state index in [1.54, 1.807) is 0 Å². The van der Waals surface area contributed by atoms with Crippen LogP contribution in [0.4, 0.5) is 0 Å². The highest BCUT2D eigenvalue weighted by Crippen LogP contribution is 2.13. The van der Waals surface area contributed by atoms with Gasteiger partial charge in [-0.05, 0) is 31.7 Å². The summed E-state index contributed by atoms with van der Waals surface area (Å²) in [7, 11) is 0. The lowest BCUT2D eigenvalue weighted by atomic mass is 10.0. The van der Waals surface area contributed by atoms with Gasteiger partial charge in [0.2, 0.25) is 5.91 Å². The first-order chi connectivity index (χ1) is 10.1. The quantitative estimate of drug-likeness (QED) is 0.641. The van der Waals surface area contributed by atoms with Crippen LogP contribution in [0.3, 0.4) is 0 Å². The van der Waals surface area contributed by atoms with E-state index in [0.29, 0.717) is 6.42 Å². The topological polar surface area (TPSA) is 49.3 Å². The second-order valence-electron chi connectivity index (χ2n) is 5.74. The summed E-state index contributed by atoms with van der Waals surface area (Å²) in [6, 6.07) is 9.99. The minimum absolute atomic E-state index is 0.0353. The molecule has 1 amide bonds. The van der Waals surface area contributed by atoms with Crippen LogP contribution < -0.4 is 5.32 Å². The van der Waals surface area contributed by atoms with Crippen LogP contribution in [0.1, 0.15) is 70.4 Å². The van der Waals surface area contributed by atoms with Gasteiger partial charge < -0.3 is 10.4 Å². The van der Waals surface area contributed by atoms with Crippen LogP contribution in [-0.2, 0) is 4.79 Å². The van der Waals surface area contributed by atoms with E-state index in [0.717, 1.165) is 31.2 Å². The Morgan fingerprint density at radius 3 is 2.48 bits per heavy atom. The molecule has 0 aliphatic rings. The predicted molar refractivity (Wildman–Crippen MR) is 87.0 cm³/mol. The molecule has 0 saturated heterocycles. The molecule has 0 radical (unpaired) electrons. The van der Waals surface area contributed by atoms with Gasteiger partial charge in [-0.1, -0.05) is 56.5 Å². The van der Waals surface area contributed by atoms with Crippen molar-refractivity contribution in [2.75, 3.05) is 0 Å². The largest absolute Gasteiger partial charge is 0.393 e. The summed E-state index contributed by atoms with van der Waals surface area (Å²) in [4.78, 5) is 11.9. The van der Waals surface area contributed by atoms with Crippen molar-refractivity contribution in [3.63, 3.8) is 0 Å². The number of carbonyl (C=O) groups is 1. The molecule has 2 atom stereocenters. The number of rotatable bonds is 10. The highest BCUT2D eigenvalue weighted by Gasteiger charge is 2.10. The zero-order chi connectivity index (χ0) is 15.5. The Hall–Kier alpha value is -1.35. The molecule has 0 bridgehead atoms. The molecule has 1 unspecified atom stereocenters. The molecule has 1 aromatic rings. The highest BCUT2D eigenvalue weighted by molar-refractivity contribution is 5.76. The van der Waals surface area contributed by atoms with Crippen molar-refractivity contribution in [1.82, 2.24) is 5.32 Å². The number of aliphatic hydroxyl groups is 1. The molecule has 118 valence electrons. The summed E-state index contributed by atoms with van der Waals surface area (Å²) in [6.07, 6.45) is 5.99. The highest BCUT2D eigenvalue weighted by atomic mass is 16.3. The second kappa shape index (κ2) is 10.4. The fourth-order valence-electron chi connectivity index (χ4n) is 2.41. The molecule has 1 rings (SSSR count). The van der Waals surface area contributed by atoms with Crippen LogP contribution in [0, 0.1) is 0 Å². The maximum Gasteiger partial charge on any atom is 0.220 e. The molecule has 2 N–H and O–H groups in total. The third-order valence-corrected chi connectivity index (χ3v) is 3.76. The fraction of sp³-hybridized carbons (Fsp3) is 0.611. The Labute approximate surface area is 128 Å². The number of amides is 1. The summed E-state index contributed by atoms with van der Waals surface area (Å²) >= 11 is 0. The number of benzene rings is 1. The van der Waals surface area contributed by atoms with E-state index in [4.69, 9.17) is 0 Å². The fourth-order valence-corrected chi connectivity index (χ4v) is 2.41. The SMILES string of the molecule is CCCCCC(O)CCCC(=O)N[C@@H](C)c1ccccc1. The van der Waals surface area contributed by atoms with Gasteiger partial charge in [-0.25, -0.2) is 0 Å². The van der Waals surface area contributed by atoms with Crippen molar-refractivity contribution in [2.45, 2.75) is 70.9 Å². The van der Waals surface area contributed by atoms with Gasteiger partial charge in [0.05, 0.1) is 12.1 Å². The van der Waals surface area contributed by atoms with Crippen molar-refractivity contribution < 1.29 is 9.90 Å². The van der Waals surface area contributed by atoms with E-state index in [-0.39, 0.29) is 18.1 Å². The van der Waals surface area contributed by atoms with E-state index in [2.05, 4.69) is 12.2 Å². The lowest BCUT2D eigenvalue weighted by Gasteiger charge is -2.15. The lowest BCUT2D eigenvalue weighted by Crippen LogP contribution is -2.26. The monoisotopic (exact) mass is 291 g/mol. The zero-order valence-electron chi connectivity index (χ0n) is 13.3. The van der Waals surface area contributed by atoms with E-state index in [1.807, 2.05) is 37.3 Å². The average molecular weight is 291 g/mol. The molecule has 0 heterocycles. The summed E-state index contributed by atoms with van der Waals surface area (Å²) in [6.45, 7) is 4.15. The second-order valence-corrected chi connectivity index (χ2v) is 5.74. The summed E-state index contributed by atoms with van der Waals surface area (Å²) in [5.41, 5.74) is 1.12. The van der Waals surface area contributed by atoms with Crippen LogP contribution in [0.15, 0.2) is 30.3 Å². The molecule has 0 saturated carbocycles. The molecular formula is C18H29NO2. The van der Waals surface area contributed by atoms with Crippen molar-refractivity contribution in [3.05, 3.63) is 35.9 Å². The molecule has 1 aromatic carbocycles. The van der Waals surface area contributed by atoms with E-state index in [9.17, 15) is 9.90 Å². The maximum absolute atomic E-state index is 11.9. The third-order valence-electron chi connectivity index (χ3n) is 3.76. The van der Waals surface area contributed by atoms with Crippen LogP contribution in [0.25, 0.3) is 0 Å². The molecule has 0 aliphatic heterocycles. The predicted octanol–water partition coefficient (Wildman–Crippen LogP) is 3.98. The van der Waals surface area contributed by atoms with Crippen molar-refractivity contribution >= 4 is 5.91 Å². The van der Waals surface area contributed by atoms with Gasteiger partial charge in [0.1, 0.15) is 0 Å². The van der Waals surface area contributed by atoms with Gasteiger partial charge in [-0.3, -0.25) is 4.79 Å². The first-order valence-electron chi connectivity index (χ1n) is 8.15. The molecule has 0 aromatic heterocycles. The van der Waals surface area contributed by atoms with Gasteiger partial charge in [0.25, 0.3) is 0 Å². The minimum Gasteiger partial charge on any atom is -0.393 e. The number of unbranched alkanes of at least 4 members (excludes halogenated alkanes) is 2. The molecular weight excluding hydrogens is 262 g/mol. The number of aliphatic hydroxyl groups excluding tert-OH is 1. The Bertz CT molecular complexity index is 391. The Kier molecular flexibility index (Phi) is 8.76. The average Bonchev–Trinajstić information content (AvgIpc) is 2.48. The Morgan fingerprint density at radius 1 is 1.14 bits per heavy atom. The Morgan fingerprint density at radius 2 is 1.81 bits per heavy atom. The summed E-state index contributed by atoms with van der Waals surface area (Å²) in [5.74, 6) is 0.0621. The van der Waals surface area contributed by atoms with Crippen molar-refractivity contribution in [3.8, 4) is 0 Å². The molecule has 21 heavy (non-hydrogen) atoms. The van der Waals surface area contributed by atoms with Crippen LogP contribution in [0.5, 0.6) is 0 Å². The van der Waals surface area contributed by atoms with Gasteiger partial charge in [-0.2, -0.15) is 0 Å². The summed E-state index contributed by atoms with van der Waals surface area (Å²) in [5, 5.41) is 12.8. The third kappa shape index (κ3) is 7.86. The van der Waals surface area contributed by atoms with E-state index >= 15 is 0 Å². The summed E-state index contributed by atoms with van der Waals surface area (Å²) < 4.78 is 0. The molecule has 3 heteroatoms. The lowest BCUT2D eigenvalue weighted by molar-refractivity contribution is -0.121. The first-order valence-corrected chi connectivity index (χ1v) is 8.15. The smallest absolute Gasteiger partial charge is 0.220 e.